The fourth-order valence-corrected chi connectivity index (χ4v) is 2.50. The quantitative estimate of drug-likeness (QED) is 0.829. The molecule has 0 bridgehead atoms. The van der Waals surface area contributed by atoms with Crippen LogP contribution in [0.15, 0.2) is 12.4 Å². The van der Waals surface area contributed by atoms with Crippen molar-refractivity contribution in [1.29, 1.82) is 0 Å². The summed E-state index contributed by atoms with van der Waals surface area (Å²) in [6, 6.07) is 0.275. The van der Waals surface area contributed by atoms with Crippen LogP contribution >= 0.6 is 0 Å². The van der Waals surface area contributed by atoms with E-state index in [9.17, 15) is 4.79 Å². The molecule has 0 radical (unpaired) electrons. The Hall–Kier alpha value is -1.52. The third-order valence-electron chi connectivity index (χ3n) is 3.23. The second kappa shape index (κ2) is 5.00. The van der Waals surface area contributed by atoms with Crippen LogP contribution in [-0.4, -0.2) is 32.6 Å². The third kappa shape index (κ3) is 2.35. The second-order valence-corrected chi connectivity index (χ2v) is 5.23. The van der Waals surface area contributed by atoms with Crippen molar-refractivity contribution >= 4 is 6.09 Å². The van der Waals surface area contributed by atoms with E-state index >= 15 is 0 Å². The number of imidazole rings is 1. The molecule has 1 atom stereocenters. The lowest BCUT2D eigenvalue weighted by atomic mass is 10.2. The zero-order valence-corrected chi connectivity index (χ0v) is 11.5. The number of fused-ring (bicyclic) bond motifs is 1. The smallest absolute Gasteiger partial charge is 0.410 e. The van der Waals surface area contributed by atoms with Gasteiger partial charge in [-0.15, -0.1) is 0 Å². The number of hydrogen-bond donors (Lipinski definition) is 0. The van der Waals surface area contributed by atoms with Gasteiger partial charge in [-0.05, 0) is 27.7 Å². The Morgan fingerprint density at radius 1 is 1.44 bits per heavy atom. The molecule has 5 heteroatoms. The Morgan fingerprint density at radius 2 is 2.11 bits per heavy atom. The molecule has 18 heavy (non-hydrogen) atoms. The van der Waals surface area contributed by atoms with Crippen LogP contribution in [0.1, 0.15) is 46.0 Å². The van der Waals surface area contributed by atoms with Crippen LogP contribution in [0, 0.1) is 0 Å². The average molecular weight is 251 g/mol. The summed E-state index contributed by atoms with van der Waals surface area (Å²) in [5, 5.41) is 0. The van der Waals surface area contributed by atoms with Gasteiger partial charge in [-0.2, -0.15) is 0 Å². The number of rotatable bonds is 3. The van der Waals surface area contributed by atoms with Crippen LogP contribution in [0.2, 0.25) is 0 Å². The van der Waals surface area contributed by atoms with E-state index in [0.29, 0.717) is 0 Å². The number of amides is 1. The van der Waals surface area contributed by atoms with Gasteiger partial charge >= 0.3 is 6.09 Å². The summed E-state index contributed by atoms with van der Waals surface area (Å²) >= 11 is 0. The zero-order chi connectivity index (χ0) is 13.3. The van der Waals surface area contributed by atoms with E-state index in [1.807, 2.05) is 38.5 Å². The number of carbonyl (C=O) groups excluding carboxylic acids is 1. The lowest BCUT2D eigenvalue weighted by molar-refractivity contribution is 0.0439. The molecule has 100 valence electrons. The maximum absolute atomic E-state index is 12.2. The zero-order valence-electron chi connectivity index (χ0n) is 11.5. The minimum Gasteiger partial charge on any atom is -0.438 e. The maximum Gasteiger partial charge on any atom is 0.410 e. The highest BCUT2D eigenvalue weighted by atomic mass is 16.6. The summed E-state index contributed by atoms with van der Waals surface area (Å²) in [5.41, 5.74) is 0. The SMILES string of the molecule is CC(C)N(C(=O)O[C@H]1CCn2ccnc21)C(C)C. The molecule has 0 aliphatic carbocycles. The van der Waals surface area contributed by atoms with Gasteiger partial charge in [0.15, 0.2) is 6.10 Å². The van der Waals surface area contributed by atoms with Crippen molar-refractivity contribution in [1.82, 2.24) is 14.5 Å². The highest BCUT2D eigenvalue weighted by Crippen LogP contribution is 2.28. The highest BCUT2D eigenvalue weighted by Gasteiger charge is 2.30. The lowest BCUT2D eigenvalue weighted by Gasteiger charge is -2.30. The fourth-order valence-electron chi connectivity index (χ4n) is 2.50. The first-order valence-corrected chi connectivity index (χ1v) is 6.50. The minimum atomic E-state index is -0.249. The molecule has 2 rings (SSSR count). The lowest BCUT2D eigenvalue weighted by Crippen LogP contribution is -2.42. The molecule has 1 aromatic heterocycles. The van der Waals surface area contributed by atoms with Crippen molar-refractivity contribution in [3.8, 4) is 0 Å². The number of aromatic nitrogens is 2. The summed E-state index contributed by atoms with van der Waals surface area (Å²) in [6.07, 6.45) is 4.04. The van der Waals surface area contributed by atoms with Gasteiger partial charge in [0.25, 0.3) is 0 Å². The Balaban J connectivity index is 2.04. The van der Waals surface area contributed by atoms with Gasteiger partial charge in [0.05, 0.1) is 0 Å². The van der Waals surface area contributed by atoms with E-state index in [-0.39, 0.29) is 24.3 Å². The molecule has 5 nitrogen and oxygen atoms in total. The standard InChI is InChI=1S/C13H21N3O2/c1-9(2)16(10(3)4)13(17)18-11-5-7-15-8-6-14-12(11)15/h6,8-11H,5,7H2,1-4H3/t11-/m0/s1. The number of aryl methyl sites for hydroxylation is 1. The van der Waals surface area contributed by atoms with Crippen LogP contribution in [0.5, 0.6) is 0 Å². The van der Waals surface area contributed by atoms with Crippen molar-refractivity contribution in [2.45, 2.75) is 58.8 Å². The van der Waals surface area contributed by atoms with Gasteiger partial charge in [-0.25, -0.2) is 9.78 Å². The van der Waals surface area contributed by atoms with Gasteiger partial charge in [-0.1, -0.05) is 0 Å². The van der Waals surface area contributed by atoms with Crippen LogP contribution < -0.4 is 0 Å². The van der Waals surface area contributed by atoms with E-state index < -0.39 is 0 Å². The summed E-state index contributed by atoms with van der Waals surface area (Å²) < 4.78 is 7.62. The Bertz CT molecular complexity index is 418. The molecule has 0 fully saturated rings. The van der Waals surface area contributed by atoms with Crippen molar-refractivity contribution in [2.75, 3.05) is 0 Å². The molecule has 1 aliphatic rings. The average Bonchev–Trinajstić information content (AvgIpc) is 2.81. The molecular formula is C13H21N3O2. The molecule has 1 amide bonds. The van der Waals surface area contributed by atoms with Crippen LogP contribution in [0.25, 0.3) is 0 Å². The molecule has 0 saturated heterocycles. The first kappa shape index (κ1) is 12.9. The molecule has 0 spiro atoms. The predicted octanol–water partition coefficient (Wildman–Crippen LogP) is 2.58. The van der Waals surface area contributed by atoms with Gasteiger partial charge in [-0.3, -0.25) is 0 Å². The van der Waals surface area contributed by atoms with Gasteiger partial charge in [0, 0.05) is 37.4 Å². The summed E-state index contributed by atoms with van der Waals surface area (Å²) in [4.78, 5) is 18.2. The van der Waals surface area contributed by atoms with Crippen LogP contribution in [-0.2, 0) is 11.3 Å². The van der Waals surface area contributed by atoms with Crippen LogP contribution in [0.4, 0.5) is 4.79 Å². The van der Waals surface area contributed by atoms with E-state index in [2.05, 4.69) is 4.98 Å². The Morgan fingerprint density at radius 3 is 2.72 bits per heavy atom. The summed E-state index contributed by atoms with van der Waals surface area (Å²) in [5.74, 6) is 0.857. The van der Waals surface area contributed by atoms with Crippen LogP contribution in [0.3, 0.4) is 0 Å². The maximum atomic E-state index is 12.2. The Labute approximate surface area is 108 Å². The van der Waals surface area contributed by atoms with Gasteiger partial charge < -0.3 is 14.2 Å². The van der Waals surface area contributed by atoms with Crippen molar-refractivity contribution in [3.63, 3.8) is 0 Å². The molecule has 0 aromatic carbocycles. The minimum absolute atomic E-state index is 0.138. The Kier molecular flexibility index (Phi) is 3.59. The normalized spacial score (nSPS) is 18.2. The molecule has 1 aliphatic heterocycles. The van der Waals surface area contributed by atoms with E-state index in [1.54, 1.807) is 11.1 Å². The molecular weight excluding hydrogens is 230 g/mol. The number of hydrogen-bond acceptors (Lipinski definition) is 3. The predicted molar refractivity (Wildman–Crippen MR) is 68.2 cm³/mol. The molecule has 2 heterocycles. The number of carbonyl (C=O) groups is 1. The van der Waals surface area contributed by atoms with Crippen molar-refractivity contribution < 1.29 is 9.53 Å². The van der Waals surface area contributed by atoms with E-state index in [0.717, 1.165) is 18.8 Å². The first-order chi connectivity index (χ1) is 8.50. The van der Waals surface area contributed by atoms with Crippen molar-refractivity contribution in [2.24, 2.45) is 0 Å². The third-order valence-corrected chi connectivity index (χ3v) is 3.23. The van der Waals surface area contributed by atoms with Gasteiger partial charge in [0.1, 0.15) is 5.82 Å². The summed E-state index contributed by atoms with van der Waals surface area (Å²) in [6.45, 7) is 8.86. The molecule has 0 saturated carbocycles. The molecule has 0 unspecified atom stereocenters. The summed E-state index contributed by atoms with van der Waals surface area (Å²) in [7, 11) is 0. The van der Waals surface area contributed by atoms with E-state index in [4.69, 9.17) is 4.74 Å². The topological polar surface area (TPSA) is 47.4 Å². The largest absolute Gasteiger partial charge is 0.438 e. The fraction of sp³-hybridized carbons (Fsp3) is 0.692. The van der Waals surface area contributed by atoms with E-state index in [1.165, 1.54) is 0 Å². The molecule has 1 aromatic rings. The second-order valence-electron chi connectivity index (χ2n) is 5.23. The monoisotopic (exact) mass is 251 g/mol. The number of ether oxygens (including phenoxy) is 1. The number of nitrogens with zero attached hydrogens (tertiary/aromatic N) is 3. The highest BCUT2D eigenvalue weighted by molar-refractivity contribution is 5.68. The first-order valence-electron chi connectivity index (χ1n) is 6.50. The van der Waals surface area contributed by atoms with Gasteiger partial charge in [0.2, 0.25) is 0 Å². The molecule has 0 N–H and O–H groups in total. The van der Waals surface area contributed by atoms with Crippen molar-refractivity contribution in [3.05, 3.63) is 18.2 Å².